The van der Waals surface area contributed by atoms with E-state index in [2.05, 4.69) is 14.9 Å². The summed E-state index contributed by atoms with van der Waals surface area (Å²) in [6.45, 7) is 8.71. The maximum Gasteiger partial charge on any atom is 0.326 e. The van der Waals surface area contributed by atoms with E-state index in [0.29, 0.717) is 18.7 Å². The Labute approximate surface area is 210 Å². The lowest BCUT2D eigenvalue weighted by Crippen LogP contribution is -2.46. The minimum Gasteiger partial charge on any atom is -0.462 e. The summed E-state index contributed by atoms with van der Waals surface area (Å²) in [7, 11) is 0. The van der Waals surface area contributed by atoms with Crippen molar-refractivity contribution in [1.82, 2.24) is 19.9 Å². The summed E-state index contributed by atoms with van der Waals surface area (Å²) in [6.07, 6.45) is 3.88. The first-order chi connectivity index (χ1) is 17.2. The smallest absolute Gasteiger partial charge is 0.326 e. The fourth-order valence-electron chi connectivity index (χ4n) is 4.56. The van der Waals surface area contributed by atoms with Crippen molar-refractivity contribution in [3.05, 3.63) is 51.9 Å². The highest BCUT2D eigenvalue weighted by Crippen LogP contribution is 2.27. The van der Waals surface area contributed by atoms with Gasteiger partial charge >= 0.3 is 5.97 Å². The molecule has 3 unspecified atom stereocenters. The number of nitrogens with zero attached hydrogens (tertiary/aromatic N) is 2. The van der Waals surface area contributed by atoms with E-state index in [9.17, 15) is 14.7 Å². The number of imidazole rings is 1. The summed E-state index contributed by atoms with van der Waals surface area (Å²) >= 11 is 0. The standard InChI is InChI=1S/C27H36N4O5/c1-16(2)36-27(34)24(18(4)32)28-13-19-8-9-23-22(12-19)30-25(20-11-17(3)26(33)29-14-20)31(23)15-21-7-5-6-10-35-21/h8-9,11-12,14,16,18,21,24,28,32H,5-7,10,13,15H2,1-4H3,(H,29,33). The van der Waals surface area contributed by atoms with Gasteiger partial charge in [0.1, 0.15) is 11.9 Å². The highest BCUT2D eigenvalue weighted by Gasteiger charge is 2.26. The molecule has 1 saturated heterocycles. The Morgan fingerprint density at radius 1 is 1.31 bits per heavy atom. The number of carbonyl (C=O) groups is 1. The summed E-state index contributed by atoms with van der Waals surface area (Å²) < 4.78 is 13.4. The van der Waals surface area contributed by atoms with Gasteiger partial charge in [-0.25, -0.2) is 4.98 Å². The van der Waals surface area contributed by atoms with E-state index in [1.807, 2.05) is 24.3 Å². The molecule has 1 fully saturated rings. The van der Waals surface area contributed by atoms with Crippen LogP contribution in [0.2, 0.25) is 0 Å². The van der Waals surface area contributed by atoms with Crippen LogP contribution in [-0.4, -0.2) is 56.6 Å². The molecular weight excluding hydrogens is 460 g/mol. The van der Waals surface area contributed by atoms with Gasteiger partial charge in [0.05, 0.1) is 35.9 Å². The van der Waals surface area contributed by atoms with E-state index < -0.39 is 18.1 Å². The lowest BCUT2D eigenvalue weighted by molar-refractivity contribution is -0.152. The molecule has 1 aliphatic heterocycles. The van der Waals surface area contributed by atoms with Crippen LogP contribution in [0.15, 0.2) is 35.3 Å². The van der Waals surface area contributed by atoms with Crippen molar-refractivity contribution in [2.75, 3.05) is 6.61 Å². The lowest BCUT2D eigenvalue weighted by atomic mass is 10.1. The molecule has 1 aromatic carbocycles. The molecule has 0 saturated carbocycles. The molecule has 3 N–H and O–H groups in total. The molecule has 3 heterocycles. The number of nitrogens with one attached hydrogen (secondary N) is 2. The summed E-state index contributed by atoms with van der Waals surface area (Å²) in [5.74, 6) is 0.291. The third-order valence-corrected chi connectivity index (χ3v) is 6.43. The van der Waals surface area contributed by atoms with Crippen LogP contribution in [0.1, 0.15) is 51.2 Å². The van der Waals surface area contributed by atoms with Gasteiger partial charge in [0.2, 0.25) is 0 Å². The second-order valence-electron chi connectivity index (χ2n) is 9.84. The first-order valence-electron chi connectivity index (χ1n) is 12.7. The van der Waals surface area contributed by atoms with Gasteiger partial charge in [0.15, 0.2) is 0 Å². The van der Waals surface area contributed by atoms with Crippen molar-refractivity contribution in [3.8, 4) is 11.4 Å². The highest BCUT2D eigenvalue weighted by molar-refractivity contribution is 5.81. The topological polar surface area (TPSA) is 118 Å². The normalized spacial score (nSPS) is 17.9. The number of esters is 1. The molecule has 0 amide bonds. The average Bonchev–Trinajstić information content (AvgIpc) is 3.18. The number of aliphatic hydroxyl groups is 1. The van der Waals surface area contributed by atoms with E-state index in [1.54, 1.807) is 33.9 Å². The molecule has 2 aromatic heterocycles. The Kier molecular flexibility index (Phi) is 8.23. The van der Waals surface area contributed by atoms with E-state index in [4.69, 9.17) is 14.5 Å². The maximum atomic E-state index is 12.4. The van der Waals surface area contributed by atoms with Crippen LogP contribution >= 0.6 is 0 Å². The van der Waals surface area contributed by atoms with Crippen molar-refractivity contribution in [2.45, 2.75) is 84.4 Å². The van der Waals surface area contributed by atoms with Crippen molar-refractivity contribution in [3.63, 3.8) is 0 Å². The number of H-pyrrole nitrogens is 1. The van der Waals surface area contributed by atoms with Crippen LogP contribution in [0.5, 0.6) is 0 Å². The quantitative estimate of drug-likeness (QED) is 0.390. The zero-order valence-electron chi connectivity index (χ0n) is 21.4. The molecule has 0 bridgehead atoms. The molecule has 3 aromatic rings. The Morgan fingerprint density at radius 3 is 2.78 bits per heavy atom. The van der Waals surface area contributed by atoms with Crippen LogP contribution < -0.4 is 10.9 Å². The van der Waals surface area contributed by atoms with Gasteiger partial charge in [-0.1, -0.05) is 6.07 Å². The Hall–Kier alpha value is -3.01. The number of aromatic amines is 1. The zero-order valence-corrected chi connectivity index (χ0v) is 21.4. The SMILES string of the molecule is Cc1cc(-c2nc3cc(CNC(C(=O)OC(C)C)C(C)O)ccc3n2CC2CCCCO2)c[nH]c1=O. The van der Waals surface area contributed by atoms with E-state index in [-0.39, 0.29) is 17.8 Å². The summed E-state index contributed by atoms with van der Waals surface area (Å²) in [5, 5.41) is 13.2. The second-order valence-corrected chi connectivity index (χ2v) is 9.84. The number of benzene rings is 1. The number of aryl methyl sites for hydroxylation is 1. The van der Waals surface area contributed by atoms with Gasteiger partial charge < -0.3 is 24.1 Å². The molecular formula is C27H36N4O5. The summed E-state index contributed by atoms with van der Waals surface area (Å²) in [4.78, 5) is 32.1. The van der Waals surface area contributed by atoms with Crippen molar-refractivity contribution < 1.29 is 19.4 Å². The monoisotopic (exact) mass is 496 g/mol. The third kappa shape index (κ3) is 6.03. The zero-order chi connectivity index (χ0) is 25.8. The largest absolute Gasteiger partial charge is 0.462 e. The number of fused-ring (bicyclic) bond motifs is 1. The minimum atomic E-state index is -0.898. The molecule has 1 aliphatic rings. The molecule has 3 atom stereocenters. The van der Waals surface area contributed by atoms with E-state index in [0.717, 1.165) is 53.9 Å². The fourth-order valence-corrected chi connectivity index (χ4v) is 4.56. The number of aliphatic hydroxyl groups excluding tert-OH is 1. The van der Waals surface area contributed by atoms with Crippen molar-refractivity contribution in [2.24, 2.45) is 0 Å². The first kappa shape index (κ1) is 26.1. The Bertz CT molecular complexity index is 1260. The molecule has 194 valence electrons. The number of ether oxygens (including phenoxy) is 2. The first-order valence-corrected chi connectivity index (χ1v) is 12.7. The molecule has 9 nitrogen and oxygen atoms in total. The van der Waals surface area contributed by atoms with Crippen LogP contribution in [-0.2, 0) is 27.4 Å². The fraction of sp³-hybridized carbons (Fsp3) is 0.519. The average molecular weight is 497 g/mol. The molecule has 9 heteroatoms. The summed E-state index contributed by atoms with van der Waals surface area (Å²) in [6, 6.07) is 7.02. The third-order valence-electron chi connectivity index (χ3n) is 6.43. The lowest BCUT2D eigenvalue weighted by Gasteiger charge is -2.24. The predicted molar refractivity (Wildman–Crippen MR) is 138 cm³/mol. The molecule has 0 radical (unpaired) electrons. The van der Waals surface area contributed by atoms with Crippen LogP contribution in [0.25, 0.3) is 22.4 Å². The van der Waals surface area contributed by atoms with Gasteiger partial charge in [-0.2, -0.15) is 0 Å². The Morgan fingerprint density at radius 2 is 2.11 bits per heavy atom. The van der Waals surface area contributed by atoms with E-state index >= 15 is 0 Å². The predicted octanol–water partition coefficient (Wildman–Crippen LogP) is 3.06. The number of carbonyl (C=O) groups excluding carboxylic acids is 1. The van der Waals surface area contributed by atoms with Gasteiger partial charge in [-0.15, -0.1) is 0 Å². The minimum absolute atomic E-state index is 0.110. The molecule has 0 aliphatic carbocycles. The maximum absolute atomic E-state index is 12.4. The van der Waals surface area contributed by atoms with Gasteiger partial charge in [0.25, 0.3) is 5.56 Å². The second kappa shape index (κ2) is 11.4. The number of aromatic nitrogens is 3. The van der Waals surface area contributed by atoms with E-state index in [1.165, 1.54) is 0 Å². The summed E-state index contributed by atoms with van der Waals surface area (Å²) in [5.41, 5.74) is 4.05. The Balaban J connectivity index is 1.64. The number of pyridine rings is 1. The number of hydrogen-bond acceptors (Lipinski definition) is 7. The number of rotatable bonds is 9. The molecule has 4 rings (SSSR count). The molecule has 36 heavy (non-hydrogen) atoms. The van der Waals surface area contributed by atoms with Crippen molar-refractivity contribution in [1.29, 1.82) is 0 Å². The van der Waals surface area contributed by atoms with Crippen LogP contribution in [0.3, 0.4) is 0 Å². The number of hydrogen-bond donors (Lipinski definition) is 3. The van der Waals surface area contributed by atoms with Crippen LogP contribution in [0.4, 0.5) is 0 Å². The molecule has 0 spiro atoms. The van der Waals surface area contributed by atoms with Gasteiger partial charge in [-0.3, -0.25) is 14.9 Å². The van der Waals surface area contributed by atoms with Gasteiger partial charge in [0, 0.05) is 30.5 Å². The van der Waals surface area contributed by atoms with Gasteiger partial charge in [-0.05, 0) is 70.7 Å². The van der Waals surface area contributed by atoms with Crippen molar-refractivity contribution >= 4 is 17.0 Å². The van der Waals surface area contributed by atoms with Crippen LogP contribution in [0, 0.1) is 6.92 Å². The highest BCUT2D eigenvalue weighted by atomic mass is 16.5.